The van der Waals surface area contributed by atoms with Crippen LogP contribution in [0.5, 0.6) is 0 Å². The Morgan fingerprint density at radius 2 is 2.11 bits per heavy atom. The fraction of sp³-hybridized carbons (Fsp3) is 0.462. The lowest BCUT2D eigenvalue weighted by Gasteiger charge is -2.18. The second kappa shape index (κ2) is 5.84. The normalized spacial score (nSPS) is 17.3. The summed E-state index contributed by atoms with van der Waals surface area (Å²) in [5.74, 6) is -1.40. The Hall–Kier alpha value is -1.20. The molecule has 0 aromatic heterocycles. The van der Waals surface area contributed by atoms with Crippen LogP contribution >= 0.6 is 12.4 Å². The largest absolute Gasteiger partial charge is 0.354 e. The van der Waals surface area contributed by atoms with Crippen molar-refractivity contribution in [1.82, 2.24) is 5.32 Å². The minimum Gasteiger partial charge on any atom is -0.354 e. The summed E-state index contributed by atoms with van der Waals surface area (Å²) in [6.07, 6.45) is 1.57. The van der Waals surface area contributed by atoms with Crippen LogP contribution in [0, 0.1) is 11.6 Å². The van der Waals surface area contributed by atoms with Crippen molar-refractivity contribution in [2.45, 2.75) is 31.2 Å². The van der Waals surface area contributed by atoms with Crippen LogP contribution in [0.2, 0.25) is 0 Å². The summed E-state index contributed by atoms with van der Waals surface area (Å²) in [5.41, 5.74) is 5.52. The molecule has 1 fully saturated rings. The lowest BCUT2D eigenvalue weighted by Crippen LogP contribution is -2.41. The Morgan fingerprint density at radius 3 is 2.58 bits per heavy atom. The molecule has 0 spiro atoms. The fourth-order valence-electron chi connectivity index (χ4n) is 2.03. The second-order valence-electron chi connectivity index (χ2n) is 4.91. The van der Waals surface area contributed by atoms with Gasteiger partial charge in [-0.3, -0.25) is 4.79 Å². The minimum absolute atomic E-state index is 0. The topological polar surface area (TPSA) is 55.1 Å². The molecule has 0 unspecified atom stereocenters. The van der Waals surface area contributed by atoms with Gasteiger partial charge in [-0.1, -0.05) is 6.07 Å². The first-order chi connectivity index (χ1) is 8.44. The van der Waals surface area contributed by atoms with Gasteiger partial charge in [-0.2, -0.15) is 0 Å². The van der Waals surface area contributed by atoms with Gasteiger partial charge in [0.2, 0.25) is 5.91 Å². The molecule has 1 saturated carbocycles. The van der Waals surface area contributed by atoms with Crippen molar-refractivity contribution in [3.05, 3.63) is 35.4 Å². The van der Waals surface area contributed by atoms with Crippen LogP contribution in [-0.2, 0) is 10.2 Å². The average molecular weight is 291 g/mol. The van der Waals surface area contributed by atoms with Crippen LogP contribution < -0.4 is 11.1 Å². The second-order valence-corrected chi connectivity index (χ2v) is 4.91. The first-order valence-electron chi connectivity index (χ1n) is 5.93. The predicted molar refractivity (Wildman–Crippen MR) is 71.2 cm³/mol. The molecule has 0 radical (unpaired) electrons. The molecule has 1 atom stereocenters. The third-order valence-electron chi connectivity index (χ3n) is 3.37. The number of nitrogens with one attached hydrogen (secondary N) is 1. The van der Waals surface area contributed by atoms with Crippen molar-refractivity contribution >= 4 is 18.3 Å². The molecular formula is C13H17ClF2N2O. The molecule has 0 bridgehead atoms. The van der Waals surface area contributed by atoms with E-state index in [1.165, 1.54) is 12.1 Å². The van der Waals surface area contributed by atoms with Crippen LogP contribution in [0.3, 0.4) is 0 Å². The van der Waals surface area contributed by atoms with Crippen molar-refractivity contribution in [1.29, 1.82) is 0 Å². The van der Waals surface area contributed by atoms with E-state index in [2.05, 4.69) is 5.32 Å². The Labute approximate surface area is 117 Å². The number of rotatable bonds is 4. The highest BCUT2D eigenvalue weighted by Gasteiger charge is 2.46. The Morgan fingerprint density at radius 1 is 1.47 bits per heavy atom. The van der Waals surface area contributed by atoms with Gasteiger partial charge in [-0.15, -0.1) is 12.4 Å². The lowest BCUT2D eigenvalue weighted by atomic mass is 9.95. The maximum Gasteiger partial charge on any atom is 0.236 e. The molecule has 6 heteroatoms. The zero-order valence-corrected chi connectivity index (χ0v) is 11.4. The van der Waals surface area contributed by atoms with Gasteiger partial charge < -0.3 is 11.1 Å². The molecular weight excluding hydrogens is 274 g/mol. The van der Waals surface area contributed by atoms with E-state index in [-0.39, 0.29) is 23.7 Å². The standard InChI is InChI=1S/C13H16F2N2O.ClH/c1-8(16)12(18)17-7-13(4-5-13)10-3-2-9(14)6-11(10)15;/h2-3,6,8H,4-5,7,16H2,1H3,(H,17,18);1H/t8-;/m1./s1. The predicted octanol–water partition coefficient (Wildman–Crippen LogP) is 1.88. The van der Waals surface area contributed by atoms with E-state index >= 15 is 0 Å². The van der Waals surface area contributed by atoms with Gasteiger partial charge in [0.25, 0.3) is 0 Å². The van der Waals surface area contributed by atoms with Crippen molar-refractivity contribution in [3.8, 4) is 0 Å². The summed E-state index contributed by atoms with van der Waals surface area (Å²) in [6, 6.07) is 2.99. The SMILES string of the molecule is C[C@@H](N)C(=O)NCC1(c2ccc(F)cc2F)CC1.Cl. The first-order valence-corrected chi connectivity index (χ1v) is 5.93. The van der Waals surface area contributed by atoms with Crippen LogP contribution in [0.15, 0.2) is 18.2 Å². The number of carbonyl (C=O) groups excluding carboxylic acids is 1. The molecule has 1 amide bonds. The maximum absolute atomic E-state index is 13.7. The van der Waals surface area contributed by atoms with Gasteiger partial charge in [0.15, 0.2) is 0 Å². The van der Waals surface area contributed by atoms with Crippen molar-refractivity contribution in [3.63, 3.8) is 0 Å². The Bertz CT molecular complexity index is 476. The van der Waals surface area contributed by atoms with E-state index in [9.17, 15) is 13.6 Å². The number of amides is 1. The van der Waals surface area contributed by atoms with E-state index in [1.54, 1.807) is 6.92 Å². The fourth-order valence-corrected chi connectivity index (χ4v) is 2.03. The molecule has 0 aliphatic heterocycles. The summed E-state index contributed by atoms with van der Waals surface area (Å²) < 4.78 is 26.5. The zero-order valence-electron chi connectivity index (χ0n) is 10.6. The van der Waals surface area contributed by atoms with E-state index in [0.717, 1.165) is 18.9 Å². The van der Waals surface area contributed by atoms with Crippen LogP contribution in [0.25, 0.3) is 0 Å². The summed E-state index contributed by atoms with van der Waals surface area (Å²) in [7, 11) is 0. The average Bonchev–Trinajstić information content (AvgIpc) is 3.06. The molecule has 1 aromatic rings. The summed E-state index contributed by atoms with van der Waals surface area (Å²) in [4.78, 5) is 11.4. The number of benzene rings is 1. The van der Waals surface area contributed by atoms with Gasteiger partial charge in [-0.25, -0.2) is 8.78 Å². The molecule has 0 heterocycles. The van der Waals surface area contributed by atoms with Crippen molar-refractivity contribution in [2.75, 3.05) is 6.54 Å². The van der Waals surface area contributed by atoms with Crippen LogP contribution in [0.1, 0.15) is 25.3 Å². The number of hydrogen-bond donors (Lipinski definition) is 2. The van der Waals surface area contributed by atoms with Crippen LogP contribution in [0.4, 0.5) is 8.78 Å². The molecule has 3 nitrogen and oxygen atoms in total. The van der Waals surface area contributed by atoms with Gasteiger partial charge in [0.1, 0.15) is 11.6 Å². The van der Waals surface area contributed by atoms with E-state index in [0.29, 0.717) is 12.1 Å². The van der Waals surface area contributed by atoms with E-state index < -0.39 is 17.7 Å². The molecule has 0 saturated heterocycles. The lowest BCUT2D eigenvalue weighted by molar-refractivity contribution is -0.122. The number of nitrogens with two attached hydrogens (primary N) is 1. The summed E-state index contributed by atoms with van der Waals surface area (Å²) in [6.45, 7) is 1.93. The van der Waals surface area contributed by atoms with Gasteiger partial charge in [0, 0.05) is 18.0 Å². The number of halogens is 3. The number of hydrogen-bond acceptors (Lipinski definition) is 2. The molecule has 2 rings (SSSR count). The van der Waals surface area contributed by atoms with E-state index in [1.807, 2.05) is 0 Å². The smallest absolute Gasteiger partial charge is 0.236 e. The minimum atomic E-state index is -0.591. The van der Waals surface area contributed by atoms with E-state index in [4.69, 9.17) is 5.73 Å². The molecule has 3 N–H and O–H groups in total. The molecule has 106 valence electrons. The zero-order chi connectivity index (χ0) is 13.3. The highest BCUT2D eigenvalue weighted by molar-refractivity contribution is 5.85. The molecule has 19 heavy (non-hydrogen) atoms. The molecule has 1 aliphatic rings. The van der Waals surface area contributed by atoms with Crippen LogP contribution in [-0.4, -0.2) is 18.5 Å². The van der Waals surface area contributed by atoms with Crippen molar-refractivity contribution in [2.24, 2.45) is 5.73 Å². The quantitative estimate of drug-likeness (QED) is 0.890. The van der Waals surface area contributed by atoms with Gasteiger partial charge in [0.05, 0.1) is 6.04 Å². The monoisotopic (exact) mass is 290 g/mol. The molecule has 1 aliphatic carbocycles. The third kappa shape index (κ3) is 3.42. The highest BCUT2D eigenvalue weighted by atomic mass is 35.5. The maximum atomic E-state index is 13.7. The molecule has 1 aromatic carbocycles. The Balaban J connectivity index is 0.00000180. The summed E-state index contributed by atoms with van der Waals surface area (Å²) in [5, 5.41) is 2.70. The first kappa shape index (κ1) is 15.9. The van der Waals surface area contributed by atoms with Gasteiger partial charge in [-0.05, 0) is 31.4 Å². The van der Waals surface area contributed by atoms with Gasteiger partial charge >= 0.3 is 0 Å². The number of carbonyl (C=O) groups is 1. The van der Waals surface area contributed by atoms with Crippen molar-refractivity contribution < 1.29 is 13.6 Å². The third-order valence-corrected chi connectivity index (χ3v) is 3.37. The highest BCUT2D eigenvalue weighted by Crippen LogP contribution is 2.48. The Kier molecular flexibility index (Phi) is 4.87. The summed E-state index contributed by atoms with van der Waals surface area (Å²) >= 11 is 0.